The average molecular weight is 360 g/mol. The smallest absolute Gasteiger partial charge is 0.307 e. The molecule has 0 aliphatic heterocycles. The zero-order valence-electron chi connectivity index (χ0n) is 14.3. The summed E-state index contributed by atoms with van der Waals surface area (Å²) in [5.74, 6) is -2.24. The van der Waals surface area contributed by atoms with Crippen LogP contribution >= 0.6 is 11.3 Å². The highest BCUT2D eigenvalue weighted by atomic mass is 32.1. The molecule has 1 amide bonds. The van der Waals surface area contributed by atoms with E-state index in [0.29, 0.717) is 23.4 Å². The molecule has 3 rings (SSSR count). The molecular formula is C19H24N2O3S. The van der Waals surface area contributed by atoms with Crippen molar-refractivity contribution < 1.29 is 14.7 Å². The largest absolute Gasteiger partial charge is 0.481 e. The lowest BCUT2D eigenvalue weighted by atomic mass is 9.79. The quantitative estimate of drug-likeness (QED) is 0.849. The van der Waals surface area contributed by atoms with Crippen LogP contribution in [-0.4, -0.2) is 17.0 Å². The fourth-order valence-corrected chi connectivity index (χ4v) is 5.31. The summed E-state index contributed by atoms with van der Waals surface area (Å²) in [5, 5.41) is 22.5. The first-order valence-electron chi connectivity index (χ1n) is 9.20. The number of hydrogen-bond acceptors (Lipinski definition) is 4. The van der Waals surface area contributed by atoms with Gasteiger partial charge in [0.2, 0.25) is 5.91 Å². The fourth-order valence-electron chi connectivity index (χ4n) is 4.07. The number of aliphatic carboxylic acids is 1. The first kappa shape index (κ1) is 17.9. The molecule has 1 saturated carbocycles. The maximum Gasteiger partial charge on any atom is 0.307 e. The van der Waals surface area contributed by atoms with Gasteiger partial charge in [0.15, 0.2) is 0 Å². The number of anilines is 1. The highest BCUT2D eigenvalue weighted by Crippen LogP contribution is 2.38. The molecule has 2 unspecified atom stereocenters. The summed E-state index contributed by atoms with van der Waals surface area (Å²) in [6, 6.07) is 2.27. The molecule has 5 nitrogen and oxygen atoms in total. The van der Waals surface area contributed by atoms with Crippen molar-refractivity contribution in [2.75, 3.05) is 5.32 Å². The Bertz CT molecular complexity index is 704. The number of carbonyl (C=O) groups is 2. The zero-order chi connectivity index (χ0) is 17.8. The van der Waals surface area contributed by atoms with Crippen molar-refractivity contribution >= 4 is 28.2 Å². The third-order valence-electron chi connectivity index (χ3n) is 5.44. The summed E-state index contributed by atoms with van der Waals surface area (Å²) in [6.07, 6.45) is 9.36. The molecule has 2 aliphatic rings. The normalized spacial score (nSPS) is 23.6. The lowest BCUT2D eigenvalue weighted by Gasteiger charge is -2.27. The Labute approximate surface area is 152 Å². The number of hydrogen-bond donors (Lipinski definition) is 2. The molecule has 0 spiro atoms. The molecule has 1 aromatic rings. The van der Waals surface area contributed by atoms with Gasteiger partial charge in [0, 0.05) is 4.88 Å². The topological polar surface area (TPSA) is 90.2 Å². The van der Waals surface area contributed by atoms with Crippen molar-refractivity contribution in [2.45, 2.75) is 64.2 Å². The lowest BCUT2D eigenvalue weighted by Crippen LogP contribution is -2.36. The first-order chi connectivity index (χ1) is 12.1. The molecule has 0 bridgehead atoms. The van der Waals surface area contributed by atoms with Crippen LogP contribution in [0.3, 0.4) is 0 Å². The molecule has 2 aliphatic carbocycles. The van der Waals surface area contributed by atoms with Gasteiger partial charge < -0.3 is 10.4 Å². The second-order valence-electron chi connectivity index (χ2n) is 7.06. The van der Waals surface area contributed by atoms with E-state index < -0.39 is 17.8 Å². The van der Waals surface area contributed by atoms with Crippen LogP contribution in [0.25, 0.3) is 0 Å². The molecule has 1 fully saturated rings. The van der Waals surface area contributed by atoms with Gasteiger partial charge in [0.25, 0.3) is 0 Å². The minimum atomic E-state index is -0.890. The Morgan fingerprint density at radius 3 is 2.40 bits per heavy atom. The average Bonchev–Trinajstić information content (AvgIpc) is 2.90. The Morgan fingerprint density at radius 1 is 1.04 bits per heavy atom. The van der Waals surface area contributed by atoms with Crippen LogP contribution in [0, 0.1) is 23.2 Å². The molecule has 2 N–H and O–H groups in total. The van der Waals surface area contributed by atoms with Crippen molar-refractivity contribution in [1.82, 2.24) is 0 Å². The molecule has 25 heavy (non-hydrogen) atoms. The molecule has 0 radical (unpaired) electrons. The molecule has 0 saturated heterocycles. The predicted molar refractivity (Wildman–Crippen MR) is 96.6 cm³/mol. The number of nitrogens with zero attached hydrogens (tertiary/aromatic N) is 1. The number of rotatable bonds is 3. The summed E-state index contributed by atoms with van der Waals surface area (Å²) in [7, 11) is 0. The highest BCUT2D eigenvalue weighted by molar-refractivity contribution is 7.16. The summed E-state index contributed by atoms with van der Waals surface area (Å²) < 4.78 is 0. The van der Waals surface area contributed by atoms with E-state index in [1.165, 1.54) is 29.1 Å². The fraction of sp³-hybridized carbons (Fsp3) is 0.632. The summed E-state index contributed by atoms with van der Waals surface area (Å²) >= 11 is 1.51. The van der Waals surface area contributed by atoms with E-state index in [-0.39, 0.29) is 5.91 Å². The third kappa shape index (κ3) is 3.87. The van der Waals surface area contributed by atoms with Crippen molar-refractivity contribution in [1.29, 1.82) is 5.26 Å². The number of nitriles is 1. The first-order valence-corrected chi connectivity index (χ1v) is 10.0. The van der Waals surface area contributed by atoms with Crippen LogP contribution in [0.4, 0.5) is 5.00 Å². The number of nitrogens with one attached hydrogen (secondary N) is 1. The van der Waals surface area contributed by atoms with Crippen LogP contribution in [0.2, 0.25) is 0 Å². The predicted octanol–water partition coefficient (Wildman–Crippen LogP) is 4.11. The molecule has 1 aromatic heterocycles. The Morgan fingerprint density at radius 2 is 1.72 bits per heavy atom. The summed E-state index contributed by atoms with van der Waals surface area (Å²) in [4.78, 5) is 25.4. The van der Waals surface area contributed by atoms with Crippen LogP contribution < -0.4 is 5.32 Å². The monoisotopic (exact) mass is 360 g/mol. The van der Waals surface area contributed by atoms with Crippen LogP contribution in [0.5, 0.6) is 0 Å². The summed E-state index contributed by atoms with van der Waals surface area (Å²) in [5.41, 5.74) is 1.69. The van der Waals surface area contributed by atoms with Gasteiger partial charge in [0.05, 0.1) is 17.4 Å². The van der Waals surface area contributed by atoms with Crippen molar-refractivity contribution in [2.24, 2.45) is 11.8 Å². The van der Waals surface area contributed by atoms with Crippen LogP contribution in [0.1, 0.15) is 67.4 Å². The van der Waals surface area contributed by atoms with Gasteiger partial charge in [-0.1, -0.05) is 25.7 Å². The molecule has 1 heterocycles. The second kappa shape index (κ2) is 8.01. The SMILES string of the molecule is N#Cc1c(NC(=O)C2CCCCC2C(=O)O)sc2c1CCCCCC2. The lowest BCUT2D eigenvalue weighted by molar-refractivity contribution is -0.147. The number of carbonyl (C=O) groups excluding carboxylic acids is 1. The highest BCUT2D eigenvalue weighted by Gasteiger charge is 2.36. The maximum absolute atomic E-state index is 12.7. The van der Waals surface area contributed by atoms with Gasteiger partial charge in [0.1, 0.15) is 11.1 Å². The Hall–Kier alpha value is -1.87. The van der Waals surface area contributed by atoms with Gasteiger partial charge in [-0.25, -0.2) is 0 Å². The van der Waals surface area contributed by atoms with Gasteiger partial charge in [-0.3, -0.25) is 9.59 Å². The van der Waals surface area contributed by atoms with E-state index in [4.69, 9.17) is 0 Å². The van der Waals surface area contributed by atoms with E-state index in [1.807, 2.05) is 0 Å². The van der Waals surface area contributed by atoms with Crippen LogP contribution in [-0.2, 0) is 22.4 Å². The van der Waals surface area contributed by atoms with E-state index >= 15 is 0 Å². The standard InChI is InChI=1S/C19H24N2O3S/c20-11-15-12-7-3-1-2-4-10-16(12)25-18(15)21-17(22)13-8-5-6-9-14(13)19(23)24/h13-14H,1-10H2,(H,21,22)(H,23,24). The van der Waals surface area contributed by atoms with E-state index in [2.05, 4.69) is 11.4 Å². The summed E-state index contributed by atoms with van der Waals surface area (Å²) in [6.45, 7) is 0. The number of carboxylic acid groups (broad SMARTS) is 1. The number of carboxylic acids is 1. The second-order valence-corrected chi connectivity index (χ2v) is 8.16. The number of fused-ring (bicyclic) bond motifs is 1. The van der Waals surface area contributed by atoms with E-state index in [0.717, 1.165) is 44.1 Å². The molecule has 6 heteroatoms. The van der Waals surface area contributed by atoms with E-state index in [1.54, 1.807) is 0 Å². The van der Waals surface area contributed by atoms with E-state index in [9.17, 15) is 20.0 Å². The van der Waals surface area contributed by atoms with Gasteiger partial charge >= 0.3 is 5.97 Å². The maximum atomic E-state index is 12.7. The van der Waals surface area contributed by atoms with Gasteiger partial charge in [-0.15, -0.1) is 11.3 Å². The molecule has 134 valence electrons. The molecule has 2 atom stereocenters. The number of thiophene rings is 1. The molecule has 0 aromatic carbocycles. The third-order valence-corrected chi connectivity index (χ3v) is 6.65. The van der Waals surface area contributed by atoms with Crippen molar-refractivity contribution in [3.63, 3.8) is 0 Å². The molecular weight excluding hydrogens is 336 g/mol. The van der Waals surface area contributed by atoms with Crippen molar-refractivity contribution in [3.05, 3.63) is 16.0 Å². The Balaban J connectivity index is 1.82. The van der Waals surface area contributed by atoms with Crippen molar-refractivity contribution in [3.8, 4) is 6.07 Å². The van der Waals surface area contributed by atoms with Gasteiger partial charge in [-0.2, -0.15) is 5.26 Å². The minimum Gasteiger partial charge on any atom is -0.481 e. The Kier molecular flexibility index (Phi) is 5.74. The van der Waals surface area contributed by atoms with Gasteiger partial charge in [-0.05, 0) is 44.1 Å². The number of amides is 1. The zero-order valence-corrected chi connectivity index (χ0v) is 15.2. The minimum absolute atomic E-state index is 0.238. The number of aryl methyl sites for hydroxylation is 1. The van der Waals surface area contributed by atoms with Crippen LogP contribution in [0.15, 0.2) is 0 Å².